The minimum Gasteiger partial charge on any atom is -0.465 e. The van der Waals surface area contributed by atoms with Gasteiger partial charge in [-0.25, -0.2) is 13.2 Å². The zero-order chi connectivity index (χ0) is 20.5. The number of carbonyl (C=O) groups excluding carboxylic acids is 3. The van der Waals surface area contributed by atoms with E-state index in [0.717, 1.165) is 4.90 Å². The molecule has 1 fully saturated rings. The van der Waals surface area contributed by atoms with E-state index in [1.165, 1.54) is 49.6 Å². The van der Waals surface area contributed by atoms with Crippen molar-refractivity contribution in [3.63, 3.8) is 0 Å². The number of carbonyl (C=O) groups is 3. The van der Waals surface area contributed by atoms with Crippen molar-refractivity contribution < 1.29 is 27.5 Å². The van der Waals surface area contributed by atoms with Crippen molar-refractivity contribution in [2.24, 2.45) is 0 Å². The Morgan fingerprint density at radius 3 is 2.25 bits per heavy atom. The molecule has 0 radical (unpaired) electrons. The molecular weight excluding hydrogens is 408 g/mol. The van der Waals surface area contributed by atoms with Crippen molar-refractivity contribution in [2.75, 3.05) is 16.7 Å². The average molecular weight is 423 g/mol. The standard InChI is InChI=1S/C18H15ClN2O6S/c1-27-18(24)14-10-11(2-7-15(14)19)20-28(25,26)13-5-3-12(4-6-13)21-16(22)8-9-17(21)23/h2-7,10,20H,8-9H2,1H3. The highest BCUT2D eigenvalue weighted by molar-refractivity contribution is 7.92. The van der Waals surface area contributed by atoms with Gasteiger partial charge < -0.3 is 4.74 Å². The smallest absolute Gasteiger partial charge is 0.339 e. The summed E-state index contributed by atoms with van der Waals surface area (Å²) in [5, 5.41) is 0.124. The number of ether oxygens (including phenoxy) is 1. The number of anilines is 2. The maximum atomic E-state index is 12.6. The molecule has 0 aliphatic carbocycles. The van der Waals surface area contributed by atoms with Gasteiger partial charge in [0.15, 0.2) is 0 Å². The zero-order valence-corrected chi connectivity index (χ0v) is 16.2. The van der Waals surface area contributed by atoms with Crippen molar-refractivity contribution >= 4 is 50.8 Å². The lowest BCUT2D eigenvalue weighted by Gasteiger charge is -2.15. The van der Waals surface area contributed by atoms with Crippen LogP contribution in [-0.2, 0) is 24.3 Å². The lowest BCUT2D eigenvalue weighted by Crippen LogP contribution is -2.28. The van der Waals surface area contributed by atoms with Crippen LogP contribution in [0.3, 0.4) is 0 Å². The average Bonchev–Trinajstić information content (AvgIpc) is 3.01. The molecule has 1 heterocycles. The van der Waals surface area contributed by atoms with Crippen LogP contribution < -0.4 is 9.62 Å². The van der Waals surface area contributed by atoms with Crippen LogP contribution in [0.2, 0.25) is 5.02 Å². The first-order valence-electron chi connectivity index (χ1n) is 8.09. The SMILES string of the molecule is COC(=O)c1cc(NS(=O)(=O)c2ccc(N3C(=O)CCC3=O)cc2)ccc1Cl. The van der Waals surface area contributed by atoms with Crippen LogP contribution in [0.5, 0.6) is 0 Å². The van der Waals surface area contributed by atoms with Gasteiger partial charge in [-0.1, -0.05) is 11.6 Å². The number of rotatable bonds is 5. The van der Waals surface area contributed by atoms with Gasteiger partial charge in [0.05, 0.1) is 28.3 Å². The molecule has 2 aromatic carbocycles. The van der Waals surface area contributed by atoms with E-state index in [1.807, 2.05) is 0 Å². The first kappa shape index (κ1) is 19.8. The number of halogens is 1. The lowest BCUT2D eigenvalue weighted by molar-refractivity contribution is -0.121. The minimum atomic E-state index is -3.98. The van der Waals surface area contributed by atoms with E-state index in [2.05, 4.69) is 9.46 Å². The molecule has 2 aromatic rings. The van der Waals surface area contributed by atoms with Crippen LogP contribution >= 0.6 is 11.6 Å². The summed E-state index contributed by atoms with van der Waals surface area (Å²) in [5.74, 6) is -1.35. The second-order valence-corrected chi connectivity index (χ2v) is 8.00. The highest BCUT2D eigenvalue weighted by atomic mass is 35.5. The maximum absolute atomic E-state index is 12.6. The number of hydrogen-bond donors (Lipinski definition) is 1. The van der Waals surface area contributed by atoms with Crippen molar-refractivity contribution in [3.05, 3.63) is 53.1 Å². The van der Waals surface area contributed by atoms with E-state index < -0.39 is 16.0 Å². The molecule has 10 heteroatoms. The van der Waals surface area contributed by atoms with Gasteiger partial charge in [-0.2, -0.15) is 0 Å². The zero-order valence-electron chi connectivity index (χ0n) is 14.6. The Morgan fingerprint density at radius 2 is 1.68 bits per heavy atom. The predicted molar refractivity (Wildman–Crippen MR) is 102 cm³/mol. The topological polar surface area (TPSA) is 110 Å². The van der Waals surface area contributed by atoms with Crippen molar-refractivity contribution in [3.8, 4) is 0 Å². The third-order valence-corrected chi connectivity index (χ3v) is 5.81. The van der Waals surface area contributed by atoms with Crippen LogP contribution in [0.4, 0.5) is 11.4 Å². The summed E-state index contributed by atoms with van der Waals surface area (Å²) in [6.07, 6.45) is 0.277. The van der Waals surface area contributed by atoms with Crippen LogP contribution in [0.15, 0.2) is 47.4 Å². The molecule has 2 amide bonds. The Labute approximate surface area is 166 Å². The van der Waals surface area contributed by atoms with Gasteiger partial charge in [0.1, 0.15) is 0 Å². The minimum absolute atomic E-state index is 0.0192. The predicted octanol–water partition coefficient (Wildman–Crippen LogP) is 2.58. The van der Waals surface area contributed by atoms with E-state index in [0.29, 0.717) is 5.69 Å². The number of sulfonamides is 1. The summed E-state index contributed by atoms with van der Waals surface area (Å²) in [7, 11) is -2.79. The molecule has 28 heavy (non-hydrogen) atoms. The van der Waals surface area contributed by atoms with Crippen molar-refractivity contribution in [2.45, 2.75) is 17.7 Å². The third kappa shape index (κ3) is 3.85. The second kappa shape index (κ2) is 7.61. The number of methoxy groups -OCH3 is 1. The fourth-order valence-corrected chi connectivity index (χ4v) is 3.95. The molecule has 1 aliphatic rings. The first-order valence-corrected chi connectivity index (χ1v) is 9.95. The van der Waals surface area contributed by atoms with Crippen LogP contribution in [-0.4, -0.2) is 33.3 Å². The molecule has 1 aliphatic heterocycles. The van der Waals surface area contributed by atoms with E-state index >= 15 is 0 Å². The maximum Gasteiger partial charge on any atom is 0.339 e. The summed E-state index contributed by atoms with van der Waals surface area (Å²) < 4.78 is 32.1. The monoisotopic (exact) mass is 422 g/mol. The van der Waals surface area contributed by atoms with Gasteiger partial charge in [0, 0.05) is 18.5 Å². The molecule has 0 unspecified atom stereocenters. The summed E-state index contributed by atoms with van der Waals surface area (Å²) in [4.78, 5) is 36.2. The molecule has 3 rings (SSSR count). The van der Waals surface area contributed by atoms with E-state index in [4.69, 9.17) is 11.6 Å². The Kier molecular flexibility index (Phi) is 5.39. The van der Waals surface area contributed by atoms with Crippen molar-refractivity contribution in [1.29, 1.82) is 0 Å². The fourth-order valence-electron chi connectivity index (χ4n) is 2.71. The third-order valence-electron chi connectivity index (χ3n) is 4.08. The van der Waals surface area contributed by atoms with Crippen molar-refractivity contribution in [1.82, 2.24) is 0 Å². The lowest BCUT2D eigenvalue weighted by atomic mass is 10.2. The summed E-state index contributed by atoms with van der Waals surface area (Å²) in [5.41, 5.74) is 0.454. The van der Waals surface area contributed by atoms with E-state index in [9.17, 15) is 22.8 Å². The van der Waals surface area contributed by atoms with Gasteiger partial charge in [0.2, 0.25) is 11.8 Å². The van der Waals surface area contributed by atoms with E-state index in [1.54, 1.807) is 0 Å². The molecule has 0 saturated carbocycles. The Bertz CT molecular complexity index is 1050. The number of imide groups is 1. The largest absolute Gasteiger partial charge is 0.465 e. The van der Waals surface area contributed by atoms with Gasteiger partial charge in [0.25, 0.3) is 10.0 Å². The number of benzene rings is 2. The van der Waals surface area contributed by atoms with Gasteiger partial charge in [-0.15, -0.1) is 0 Å². The molecule has 0 aromatic heterocycles. The molecule has 8 nitrogen and oxygen atoms in total. The Balaban J connectivity index is 1.85. The van der Waals surface area contributed by atoms with Gasteiger partial charge in [-0.3, -0.25) is 19.2 Å². The number of nitrogens with one attached hydrogen (secondary N) is 1. The quantitative estimate of drug-likeness (QED) is 0.585. The molecule has 0 spiro atoms. The fraction of sp³-hybridized carbons (Fsp3) is 0.167. The highest BCUT2D eigenvalue weighted by Crippen LogP contribution is 2.26. The Hall–Kier alpha value is -2.91. The van der Waals surface area contributed by atoms with E-state index in [-0.39, 0.29) is 45.8 Å². The summed E-state index contributed by atoms with van der Waals surface area (Å²) >= 11 is 5.92. The van der Waals surface area contributed by atoms with Crippen LogP contribution in [0.25, 0.3) is 0 Å². The van der Waals surface area contributed by atoms with Gasteiger partial charge >= 0.3 is 5.97 Å². The van der Waals surface area contributed by atoms with Crippen LogP contribution in [0.1, 0.15) is 23.2 Å². The van der Waals surface area contributed by atoms with Crippen LogP contribution in [0, 0.1) is 0 Å². The molecular formula is C18H15ClN2O6S. The Morgan fingerprint density at radius 1 is 1.07 bits per heavy atom. The molecule has 146 valence electrons. The molecule has 0 atom stereocenters. The number of nitrogens with zero attached hydrogens (tertiary/aromatic N) is 1. The number of hydrogen-bond acceptors (Lipinski definition) is 6. The summed E-state index contributed by atoms with van der Waals surface area (Å²) in [6, 6.07) is 9.39. The first-order chi connectivity index (χ1) is 13.2. The summed E-state index contributed by atoms with van der Waals surface area (Å²) in [6.45, 7) is 0. The normalized spacial score (nSPS) is 14.3. The number of amides is 2. The highest BCUT2D eigenvalue weighted by Gasteiger charge is 2.30. The molecule has 1 saturated heterocycles. The molecule has 1 N–H and O–H groups in total. The van der Waals surface area contributed by atoms with Gasteiger partial charge in [-0.05, 0) is 42.5 Å². The molecule has 0 bridgehead atoms. The second-order valence-electron chi connectivity index (χ2n) is 5.91. The number of esters is 1.